The molecule has 1 unspecified atom stereocenters. The molecule has 0 spiro atoms. The molecule has 1 atom stereocenters. The van der Waals surface area contributed by atoms with Gasteiger partial charge in [0.1, 0.15) is 5.15 Å². The van der Waals surface area contributed by atoms with Gasteiger partial charge in [-0.1, -0.05) is 11.6 Å². The molecule has 0 amide bonds. The van der Waals surface area contributed by atoms with Gasteiger partial charge in [-0.3, -0.25) is 19.1 Å². The number of pyridine rings is 1. The second-order valence-corrected chi connectivity index (χ2v) is 10.1. The summed E-state index contributed by atoms with van der Waals surface area (Å²) in [4.78, 5) is 9.01. The quantitative estimate of drug-likeness (QED) is 0.260. The van der Waals surface area contributed by atoms with E-state index < -0.39 is 11.3 Å². The first-order valence-electron chi connectivity index (χ1n) is 11.6. The van der Waals surface area contributed by atoms with Gasteiger partial charge in [-0.15, -0.1) is 10.2 Å². The molecule has 1 fully saturated rings. The van der Waals surface area contributed by atoms with Crippen LogP contribution >= 0.6 is 11.6 Å². The number of nitrogens with one attached hydrogen (secondary N) is 2. The molecule has 0 bridgehead atoms. The fourth-order valence-corrected chi connectivity index (χ4v) is 4.81. The highest BCUT2D eigenvalue weighted by molar-refractivity contribution is 7.77. The Morgan fingerprint density at radius 3 is 2.72 bits per heavy atom. The largest absolute Gasteiger partial charge is 0.760 e. The minimum absolute atomic E-state index is 0.0351. The van der Waals surface area contributed by atoms with Gasteiger partial charge in [0, 0.05) is 72.7 Å². The van der Waals surface area contributed by atoms with E-state index in [2.05, 4.69) is 53.7 Å². The Hall–Kier alpha value is -2.74. The standard InChI is InChI=1S/C23H27ClN8O3S/c1-14(2)32-5-3-31(4-6-32)13-21-29-30-23(35-21)18-8-15(9-20-19(18)12-26-28-20)16-7-17(11-27-36(33)34)22(24)25-10-16/h7-10,12,14,27H,3-6,11,13H2,1-2H3,(H,26,28)(H,33,34)/p-1. The van der Waals surface area contributed by atoms with E-state index in [1.54, 1.807) is 18.5 Å². The van der Waals surface area contributed by atoms with Crippen LogP contribution in [0.3, 0.4) is 0 Å². The lowest BCUT2D eigenvalue weighted by atomic mass is 10.0. The van der Waals surface area contributed by atoms with Crippen LogP contribution in [0.25, 0.3) is 33.5 Å². The minimum atomic E-state index is -2.41. The minimum Gasteiger partial charge on any atom is -0.760 e. The Balaban J connectivity index is 1.41. The number of aromatic amines is 1. The summed E-state index contributed by atoms with van der Waals surface area (Å²) in [6.07, 6.45) is 3.36. The normalized spacial score (nSPS) is 16.2. The zero-order valence-electron chi connectivity index (χ0n) is 19.9. The summed E-state index contributed by atoms with van der Waals surface area (Å²) in [7, 11) is 0. The van der Waals surface area contributed by atoms with Gasteiger partial charge >= 0.3 is 0 Å². The van der Waals surface area contributed by atoms with Crippen molar-refractivity contribution in [2.75, 3.05) is 26.2 Å². The van der Waals surface area contributed by atoms with Crippen LogP contribution in [0.4, 0.5) is 0 Å². The molecule has 36 heavy (non-hydrogen) atoms. The first-order chi connectivity index (χ1) is 17.4. The first-order valence-corrected chi connectivity index (χ1v) is 13.1. The highest BCUT2D eigenvalue weighted by atomic mass is 35.5. The van der Waals surface area contributed by atoms with E-state index in [1.807, 2.05) is 12.1 Å². The number of H-pyrrole nitrogens is 1. The molecule has 11 nitrogen and oxygen atoms in total. The molecule has 4 aromatic rings. The van der Waals surface area contributed by atoms with E-state index in [9.17, 15) is 8.76 Å². The average Bonchev–Trinajstić information content (AvgIpc) is 3.53. The number of aromatic nitrogens is 5. The molecule has 4 heterocycles. The zero-order valence-corrected chi connectivity index (χ0v) is 21.5. The molecule has 1 saturated heterocycles. The van der Waals surface area contributed by atoms with Crippen LogP contribution in [-0.4, -0.2) is 76.2 Å². The fourth-order valence-electron chi connectivity index (χ4n) is 4.36. The molecule has 3 aromatic heterocycles. The number of nitrogens with zero attached hydrogens (tertiary/aromatic N) is 6. The van der Waals surface area contributed by atoms with Gasteiger partial charge < -0.3 is 8.97 Å². The van der Waals surface area contributed by atoms with E-state index in [4.69, 9.17) is 16.0 Å². The molecular formula is C23H26ClN8O3S-. The van der Waals surface area contributed by atoms with Crippen molar-refractivity contribution in [3.63, 3.8) is 0 Å². The predicted octanol–water partition coefficient (Wildman–Crippen LogP) is 2.74. The second kappa shape index (κ2) is 10.7. The summed E-state index contributed by atoms with van der Waals surface area (Å²) in [5, 5.41) is 16.9. The van der Waals surface area contributed by atoms with E-state index in [0.29, 0.717) is 29.9 Å². The lowest BCUT2D eigenvalue weighted by molar-refractivity contribution is 0.0979. The summed E-state index contributed by atoms with van der Waals surface area (Å²) in [6.45, 7) is 9.03. The third-order valence-electron chi connectivity index (χ3n) is 6.38. The number of hydrogen-bond acceptors (Lipinski definition) is 9. The van der Waals surface area contributed by atoms with Crippen molar-refractivity contribution in [2.24, 2.45) is 0 Å². The summed E-state index contributed by atoms with van der Waals surface area (Å²) in [6, 6.07) is 6.22. The Kier molecular flexibility index (Phi) is 7.42. The molecular weight excluding hydrogens is 504 g/mol. The Morgan fingerprint density at radius 1 is 1.17 bits per heavy atom. The molecule has 1 aliphatic rings. The maximum absolute atomic E-state index is 10.9. The Morgan fingerprint density at radius 2 is 1.97 bits per heavy atom. The van der Waals surface area contributed by atoms with Gasteiger partial charge in [0.25, 0.3) is 0 Å². The van der Waals surface area contributed by atoms with Gasteiger partial charge in [0.15, 0.2) is 0 Å². The van der Waals surface area contributed by atoms with Crippen molar-refractivity contribution >= 4 is 33.8 Å². The Labute approximate surface area is 215 Å². The topological polar surface area (TPSA) is 139 Å². The van der Waals surface area contributed by atoms with Crippen molar-refractivity contribution in [3.05, 3.63) is 47.2 Å². The highest BCUT2D eigenvalue weighted by Crippen LogP contribution is 2.33. The zero-order chi connectivity index (χ0) is 25.2. The average molecular weight is 530 g/mol. The highest BCUT2D eigenvalue weighted by Gasteiger charge is 2.22. The lowest BCUT2D eigenvalue weighted by Gasteiger charge is -2.36. The van der Waals surface area contributed by atoms with Gasteiger partial charge in [-0.25, -0.2) is 9.71 Å². The third kappa shape index (κ3) is 5.48. The van der Waals surface area contributed by atoms with Gasteiger partial charge in [-0.05, 0) is 37.6 Å². The number of rotatable bonds is 8. The van der Waals surface area contributed by atoms with E-state index in [1.165, 1.54) is 0 Å². The van der Waals surface area contributed by atoms with E-state index in [0.717, 1.165) is 53.8 Å². The van der Waals surface area contributed by atoms with Crippen molar-refractivity contribution in [1.29, 1.82) is 0 Å². The van der Waals surface area contributed by atoms with Crippen molar-refractivity contribution in [2.45, 2.75) is 33.0 Å². The maximum atomic E-state index is 10.9. The molecule has 2 N–H and O–H groups in total. The number of hydrogen-bond donors (Lipinski definition) is 2. The molecule has 1 aromatic carbocycles. The van der Waals surface area contributed by atoms with Crippen LogP contribution in [-0.2, 0) is 24.4 Å². The monoisotopic (exact) mass is 529 g/mol. The second-order valence-electron chi connectivity index (χ2n) is 8.99. The summed E-state index contributed by atoms with van der Waals surface area (Å²) in [5.74, 6) is 0.974. The molecule has 190 valence electrons. The summed E-state index contributed by atoms with van der Waals surface area (Å²) in [5.41, 5.74) is 3.67. The molecule has 0 aliphatic carbocycles. The molecule has 0 radical (unpaired) electrons. The summed E-state index contributed by atoms with van der Waals surface area (Å²) >= 11 is 3.76. The maximum Gasteiger partial charge on any atom is 0.248 e. The van der Waals surface area contributed by atoms with Crippen molar-refractivity contribution in [1.82, 2.24) is 39.9 Å². The van der Waals surface area contributed by atoms with Crippen LogP contribution in [0.1, 0.15) is 25.3 Å². The predicted molar refractivity (Wildman–Crippen MR) is 135 cm³/mol. The molecule has 1 aliphatic heterocycles. The number of fused-ring (bicyclic) bond motifs is 1. The SMILES string of the molecule is CC(C)N1CCN(Cc2nnc(-c3cc(-c4cnc(Cl)c(CNS(=O)[O-])c4)cc4[nH]ncc34)o2)CC1. The number of piperazine rings is 1. The van der Waals surface area contributed by atoms with Crippen molar-refractivity contribution < 1.29 is 13.2 Å². The third-order valence-corrected chi connectivity index (χ3v) is 7.10. The lowest BCUT2D eigenvalue weighted by Crippen LogP contribution is -2.48. The van der Waals surface area contributed by atoms with E-state index in [-0.39, 0.29) is 11.7 Å². The number of halogens is 1. The molecule has 5 rings (SSSR count). The first kappa shape index (κ1) is 24.9. The molecule has 0 saturated carbocycles. The smallest absolute Gasteiger partial charge is 0.248 e. The van der Waals surface area contributed by atoms with Gasteiger partial charge in [-0.2, -0.15) is 5.10 Å². The van der Waals surface area contributed by atoms with Crippen LogP contribution < -0.4 is 4.72 Å². The van der Waals surface area contributed by atoms with Crippen LogP contribution in [0, 0.1) is 0 Å². The summed E-state index contributed by atoms with van der Waals surface area (Å²) < 4.78 is 30.2. The van der Waals surface area contributed by atoms with Crippen molar-refractivity contribution in [3.8, 4) is 22.6 Å². The van der Waals surface area contributed by atoms with Gasteiger partial charge in [0.2, 0.25) is 11.8 Å². The van der Waals surface area contributed by atoms with Crippen LogP contribution in [0.2, 0.25) is 5.15 Å². The van der Waals surface area contributed by atoms with Gasteiger partial charge in [0.05, 0.1) is 23.8 Å². The van der Waals surface area contributed by atoms with E-state index >= 15 is 0 Å². The van der Waals surface area contributed by atoms with Crippen LogP contribution in [0.5, 0.6) is 0 Å². The Bertz CT molecular complexity index is 1380. The van der Waals surface area contributed by atoms with Crippen LogP contribution in [0.15, 0.2) is 35.0 Å². The fraction of sp³-hybridized carbons (Fsp3) is 0.391. The number of benzene rings is 1. The molecule has 13 heteroatoms.